The van der Waals surface area contributed by atoms with Crippen LogP contribution in [-0.4, -0.2) is 16.5 Å². The van der Waals surface area contributed by atoms with Crippen LogP contribution in [0.5, 0.6) is 0 Å². The van der Waals surface area contributed by atoms with Crippen molar-refractivity contribution in [2.45, 2.75) is 26.3 Å². The zero-order chi connectivity index (χ0) is 13.2. The standard InChI is InChI=1S/C15H16FN3/c1-2-13-12-9-17-7-6-14(12)19-15(18-13)10-4-3-5-11(16)8-10/h3-5,8,17H,2,6-7,9H2,1H3. The molecule has 4 heteroatoms. The van der Waals surface area contributed by atoms with Gasteiger partial charge in [-0.25, -0.2) is 14.4 Å². The van der Waals surface area contributed by atoms with Gasteiger partial charge in [0.05, 0.1) is 5.69 Å². The smallest absolute Gasteiger partial charge is 0.159 e. The number of rotatable bonds is 2. The Morgan fingerprint density at radius 1 is 1.32 bits per heavy atom. The Labute approximate surface area is 111 Å². The highest BCUT2D eigenvalue weighted by Gasteiger charge is 2.17. The minimum atomic E-state index is -0.251. The molecule has 1 aromatic heterocycles. The van der Waals surface area contributed by atoms with Gasteiger partial charge < -0.3 is 5.32 Å². The SMILES string of the molecule is CCc1nc(-c2cccc(F)c2)nc2c1CNCC2. The minimum Gasteiger partial charge on any atom is -0.312 e. The second-order valence-corrected chi connectivity index (χ2v) is 4.71. The van der Waals surface area contributed by atoms with Crippen molar-refractivity contribution in [3.63, 3.8) is 0 Å². The van der Waals surface area contributed by atoms with Gasteiger partial charge in [-0.1, -0.05) is 19.1 Å². The van der Waals surface area contributed by atoms with Crippen LogP contribution >= 0.6 is 0 Å². The van der Waals surface area contributed by atoms with E-state index < -0.39 is 0 Å². The largest absolute Gasteiger partial charge is 0.312 e. The monoisotopic (exact) mass is 257 g/mol. The van der Waals surface area contributed by atoms with E-state index in [9.17, 15) is 4.39 Å². The highest BCUT2D eigenvalue weighted by Crippen LogP contribution is 2.22. The van der Waals surface area contributed by atoms with Crippen molar-refractivity contribution in [3.8, 4) is 11.4 Å². The third-order valence-electron chi connectivity index (χ3n) is 3.44. The normalized spacial score (nSPS) is 14.2. The maximum absolute atomic E-state index is 13.3. The number of hydrogen-bond donors (Lipinski definition) is 1. The number of nitrogens with one attached hydrogen (secondary N) is 1. The summed E-state index contributed by atoms with van der Waals surface area (Å²) in [7, 11) is 0. The summed E-state index contributed by atoms with van der Waals surface area (Å²) in [6.07, 6.45) is 1.78. The van der Waals surface area contributed by atoms with Gasteiger partial charge >= 0.3 is 0 Å². The first kappa shape index (κ1) is 12.2. The molecule has 19 heavy (non-hydrogen) atoms. The summed E-state index contributed by atoms with van der Waals surface area (Å²) in [6.45, 7) is 3.87. The molecule has 0 atom stereocenters. The first-order chi connectivity index (χ1) is 9.28. The van der Waals surface area contributed by atoms with Gasteiger partial charge in [-0.2, -0.15) is 0 Å². The molecule has 1 aliphatic rings. The average Bonchev–Trinajstić information content (AvgIpc) is 2.46. The Morgan fingerprint density at radius 2 is 2.21 bits per heavy atom. The van der Waals surface area contributed by atoms with Crippen molar-refractivity contribution in [1.82, 2.24) is 15.3 Å². The van der Waals surface area contributed by atoms with Gasteiger partial charge in [0, 0.05) is 36.3 Å². The minimum absolute atomic E-state index is 0.251. The van der Waals surface area contributed by atoms with Crippen molar-refractivity contribution in [3.05, 3.63) is 47.0 Å². The van der Waals surface area contributed by atoms with E-state index in [2.05, 4.69) is 22.2 Å². The lowest BCUT2D eigenvalue weighted by Crippen LogP contribution is -2.26. The molecule has 2 aromatic rings. The van der Waals surface area contributed by atoms with Crippen LogP contribution in [0, 0.1) is 5.82 Å². The molecule has 3 nitrogen and oxygen atoms in total. The number of halogens is 1. The van der Waals surface area contributed by atoms with E-state index in [0.29, 0.717) is 5.82 Å². The Kier molecular flexibility index (Phi) is 3.25. The Morgan fingerprint density at radius 3 is 3.00 bits per heavy atom. The molecule has 0 bridgehead atoms. The molecule has 0 spiro atoms. The maximum atomic E-state index is 13.3. The molecule has 0 unspecified atom stereocenters. The highest BCUT2D eigenvalue weighted by atomic mass is 19.1. The van der Waals surface area contributed by atoms with E-state index in [0.717, 1.165) is 42.9 Å². The number of nitrogens with zero attached hydrogens (tertiary/aromatic N) is 2. The van der Waals surface area contributed by atoms with E-state index in [-0.39, 0.29) is 5.82 Å². The van der Waals surface area contributed by atoms with Gasteiger partial charge in [0.1, 0.15) is 5.82 Å². The molecule has 0 radical (unpaired) electrons. The lowest BCUT2D eigenvalue weighted by Gasteiger charge is -2.19. The highest BCUT2D eigenvalue weighted by molar-refractivity contribution is 5.56. The van der Waals surface area contributed by atoms with Crippen molar-refractivity contribution >= 4 is 0 Å². The van der Waals surface area contributed by atoms with Gasteiger partial charge in [0.15, 0.2) is 5.82 Å². The molecule has 98 valence electrons. The van der Waals surface area contributed by atoms with E-state index in [1.807, 2.05) is 6.07 Å². The molecule has 0 amide bonds. The second kappa shape index (κ2) is 5.05. The predicted molar refractivity (Wildman–Crippen MR) is 72.2 cm³/mol. The number of aromatic nitrogens is 2. The molecule has 0 fully saturated rings. The first-order valence-electron chi connectivity index (χ1n) is 6.63. The summed E-state index contributed by atoms with van der Waals surface area (Å²) >= 11 is 0. The van der Waals surface area contributed by atoms with Gasteiger partial charge in [0.2, 0.25) is 0 Å². The van der Waals surface area contributed by atoms with Crippen molar-refractivity contribution in [1.29, 1.82) is 0 Å². The molecule has 1 aliphatic heterocycles. The molecule has 0 saturated heterocycles. The number of hydrogen-bond acceptors (Lipinski definition) is 3. The maximum Gasteiger partial charge on any atom is 0.159 e. The fourth-order valence-electron chi connectivity index (χ4n) is 2.46. The van der Waals surface area contributed by atoms with Crippen molar-refractivity contribution in [2.24, 2.45) is 0 Å². The third kappa shape index (κ3) is 2.36. The molecular formula is C15H16FN3. The van der Waals surface area contributed by atoms with Crippen LogP contribution in [0.25, 0.3) is 11.4 Å². The van der Waals surface area contributed by atoms with Crippen LogP contribution < -0.4 is 5.32 Å². The quantitative estimate of drug-likeness (QED) is 0.898. The topological polar surface area (TPSA) is 37.8 Å². The third-order valence-corrected chi connectivity index (χ3v) is 3.44. The molecule has 2 heterocycles. The summed E-state index contributed by atoms with van der Waals surface area (Å²) in [5.74, 6) is 0.385. The second-order valence-electron chi connectivity index (χ2n) is 4.71. The molecule has 1 aromatic carbocycles. The van der Waals surface area contributed by atoms with Crippen LogP contribution in [0.2, 0.25) is 0 Å². The Bertz CT molecular complexity index is 593. The first-order valence-corrected chi connectivity index (χ1v) is 6.63. The van der Waals surface area contributed by atoms with Crippen LogP contribution in [0.15, 0.2) is 24.3 Å². The van der Waals surface area contributed by atoms with Gasteiger partial charge in [-0.15, -0.1) is 0 Å². The molecule has 0 saturated carbocycles. The summed E-state index contributed by atoms with van der Waals surface area (Å²) in [5.41, 5.74) is 4.13. The van der Waals surface area contributed by atoms with E-state index >= 15 is 0 Å². The zero-order valence-corrected chi connectivity index (χ0v) is 10.9. The predicted octanol–water partition coefficient (Wildman–Crippen LogP) is 2.49. The summed E-state index contributed by atoms with van der Waals surface area (Å²) in [6, 6.07) is 6.47. The van der Waals surface area contributed by atoms with Crippen LogP contribution in [0.3, 0.4) is 0 Å². The molecule has 3 rings (SSSR count). The van der Waals surface area contributed by atoms with Gasteiger partial charge in [-0.05, 0) is 18.6 Å². The van der Waals surface area contributed by atoms with Crippen molar-refractivity contribution < 1.29 is 4.39 Å². The van der Waals surface area contributed by atoms with Crippen LogP contribution in [0.4, 0.5) is 4.39 Å². The van der Waals surface area contributed by atoms with Crippen molar-refractivity contribution in [2.75, 3.05) is 6.54 Å². The Balaban J connectivity index is 2.12. The number of fused-ring (bicyclic) bond motifs is 1. The van der Waals surface area contributed by atoms with E-state index in [1.165, 1.54) is 17.7 Å². The lowest BCUT2D eigenvalue weighted by atomic mass is 10.0. The van der Waals surface area contributed by atoms with E-state index in [1.54, 1.807) is 6.07 Å². The summed E-state index contributed by atoms with van der Waals surface area (Å²) in [5, 5.41) is 3.34. The molecule has 0 aliphatic carbocycles. The van der Waals surface area contributed by atoms with E-state index in [4.69, 9.17) is 0 Å². The number of aryl methyl sites for hydroxylation is 1. The van der Waals surface area contributed by atoms with Gasteiger partial charge in [0.25, 0.3) is 0 Å². The zero-order valence-electron chi connectivity index (χ0n) is 10.9. The molecule has 1 N–H and O–H groups in total. The summed E-state index contributed by atoms with van der Waals surface area (Å²) < 4.78 is 13.3. The molecular weight excluding hydrogens is 241 g/mol. The fraction of sp³-hybridized carbons (Fsp3) is 0.333. The van der Waals surface area contributed by atoms with Crippen LogP contribution in [-0.2, 0) is 19.4 Å². The average molecular weight is 257 g/mol. The lowest BCUT2D eigenvalue weighted by molar-refractivity contribution is 0.617. The Hall–Kier alpha value is -1.81. The summed E-state index contributed by atoms with van der Waals surface area (Å²) in [4.78, 5) is 9.21. The van der Waals surface area contributed by atoms with Gasteiger partial charge in [-0.3, -0.25) is 0 Å². The van der Waals surface area contributed by atoms with Crippen LogP contribution in [0.1, 0.15) is 23.9 Å². The number of benzene rings is 1. The fourth-order valence-corrected chi connectivity index (χ4v) is 2.46.